The third-order valence-corrected chi connectivity index (χ3v) is 8.83. The van der Waals surface area contributed by atoms with Crippen molar-refractivity contribution in [1.82, 2.24) is 20.1 Å². The van der Waals surface area contributed by atoms with Gasteiger partial charge in [0.15, 0.2) is 5.65 Å². The van der Waals surface area contributed by atoms with E-state index in [0.717, 1.165) is 59.2 Å². The molecule has 2 saturated carbocycles. The van der Waals surface area contributed by atoms with E-state index >= 15 is 0 Å². The van der Waals surface area contributed by atoms with Crippen LogP contribution in [0.25, 0.3) is 22.2 Å². The van der Waals surface area contributed by atoms with Crippen LogP contribution in [0.2, 0.25) is 0 Å². The standard InChI is InChI=1S/C32H33F3N6O2/c1-31(2)20(15-28(42)37-21-11-12-21)14-26(31)27-16-24(25-17-36-41(3)29(25)40-27)18-7-9-22(10-8-18)38-30(43)39-23-6-4-5-19(13-23)32(33,34)35/h4-10,13,16-17,20-21,26H,11-12,14-15H2,1-3H3,(H,37,42)(H2,38,39,43). The monoisotopic (exact) mass is 590 g/mol. The summed E-state index contributed by atoms with van der Waals surface area (Å²) in [6.45, 7) is 4.41. The summed E-state index contributed by atoms with van der Waals surface area (Å²) in [7, 11) is 1.86. The number of amides is 3. The van der Waals surface area contributed by atoms with E-state index in [1.54, 1.807) is 23.0 Å². The molecular formula is C32H33F3N6O2. The van der Waals surface area contributed by atoms with Crippen LogP contribution < -0.4 is 16.0 Å². The van der Waals surface area contributed by atoms with E-state index in [0.29, 0.717) is 18.2 Å². The summed E-state index contributed by atoms with van der Waals surface area (Å²) in [5.41, 5.74) is 3.17. The number of pyridine rings is 1. The maximum absolute atomic E-state index is 13.0. The fourth-order valence-corrected chi connectivity index (χ4v) is 5.95. The summed E-state index contributed by atoms with van der Waals surface area (Å²) >= 11 is 0. The van der Waals surface area contributed by atoms with Gasteiger partial charge >= 0.3 is 12.2 Å². The van der Waals surface area contributed by atoms with E-state index in [1.165, 1.54) is 12.1 Å². The van der Waals surface area contributed by atoms with Crippen molar-refractivity contribution in [3.8, 4) is 11.1 Å². The van der Waals surface area contributed by atoms with Gasteiger partial charge in [-0.05, 0) is 78.1 Å². The number of aryl methyl sites for hydroxylation is 1. The number of anilines is 2. The van der Waals surface area contributed by atoms with Gasteiger partial charge in [-0.2, -0.15) is 18.3 Å². The maximum atomic E-state index is 13.0. The molecule has 0 spiro atoms. The summed E-state index contributed by atoms with van der Waals surface area (Å²) in [6.07, 6.45) is 0.834. The van der Waals surface area contributed by atoms with E-state index in [2.05, 4.69) is 41.0 Å². The molecule has 0 saturated heterocycles. The second-order valence-electron chi connectivity index (χ2n) is 12.2. The maximum Gasteiger partial charge on any atom is 0.416 e. The highest BCUT2D eigenvalue weighted by atomic mass is 19.4. The number of fused-ring (bicyclic) bond motifs is 1. The van der Waals surface area contributed by atoms with Gasteiger partial charge in [-0.1, -0.05) is 32.0 Å². The van der Waals surface area contributed by atoms with Gasteiger partial charge in [0.1, 0.15) is 0 Å². The highest BCUT2D eigenvalue weighted by Crippen LogP contribution is 2.58. The van der Waals surface area contributed by atoms with Gasteiger partial charge in [0, 0.05) is 47.9 Å². The summed E-state index contributed by atoms with van der Waals surface area (Å²) in [5.74, 6) is 0.591. The molecule has 4 aromatic rings. The fourth-order valence-electron chi connectivity index (χ4n) is 5.95. The van der Waals surface area contributed by atoms with Crippen LogP contribution in [0.15, 0.2) is 60.8 Å². The molecule has 43 heavy (non-hydrogen) atoms. The molecule has 2 aliphatic rings. The summed E-state index contributed by atoms with van der Waals surface area (Å²) < 4.78 is 40.8. The normalized spacial score (nSPS) is 19.5. The number of nitrogens with zero attached hydrogens (tertiary/aromatic N) is 3. The van der Waals surface area contributed by atoms with Crippen molar-refractivity contribution in [1.29, 1.82) is 0 Å². The van der Waals surface area contributed by atoms with E-state index in [1.807, 2.05) is 19.2 Å². The van der Waals surface area contributed by atoms with Crippen LogP contribution in [0, 0.1) is 11.3 Å². The lowest BCUT2D eigenvalue weighted by Gasteiger charge is -2.52. The zero-order valence-electron chi connectivity index (χ0n) is 24.1. The largest absolute Gasteiger partial charge is 0.416 e. The molecule has 6 rings (SSSR count). The average molecular weight is 591 g/mol. The Balaban J connectivity index is 1.19. The zero-order valence-corrected chi connectivity index (χ0v) is 24.1. The number of alkyl halides is 3. The number of halogens is 3. The summed E-state index contributed by atoms with van der Waals surface area (Å²) in [6, 6.07) is 13.5. The Kier molecular flexibility index (Phi) is 7.14. The van der Waals surface area contributed by atoms with Gasteiger partial charge in [0.2, 0.25) is 5.91 Å². The van der Waals surface area contributed by atoms with E-state index in [-0.39, 0.29) is 28.8 Å². The molecule has 0 radical (unpaired) electrons. The molecule has 2 aromatic heterocycles. The number of nitrogens with one attached hydrogen (secondary N) is 3. The van der Waals surface area contributed by atoms with E-state index < -0.39 is 17.8 Å². The van der Waals surface area contributed by atoms with Crippen molar-refractivity contribution >= 4 is 34.3 Å². The first-order chi connectivity index (χ1) is 20.4. The summed E-state index contributed by atoms with van der Waals surface area (Å²) in [5, 5.41) is 13.6. The number of carbonyl (C=O) groups is 2. The first-order valence-electron chi connectivity index (χ1n) is 14.4. The minimum Gasteiger partial charge on any atom is -0.353 e. The molecule has 2 unspecified atom stereocenters. The highest BCUT2D eigenvalue weighted by Gasteiger charge is 2.50. The number of aromatic nitrogens is 3. The Labute approximate surface area is 247 Å². The van der Waals surface area contributed by atoms with Crippen LogP contribution in [-0.2, 0) is 18.0 Å². The fraction of sp³-hybridized carbons (Fsp3) is 0.375. The van der Waals surface area contributed by atoms with Crippen LogP contribution in [0.5, 0.6) is 0 Å². The van der Waals surface area contributed by atoms with Crippen LogP contribution >= 0.6 is 0 Å². The Morgan fingerprint density at radius 1 is 1.02 bits per heavy atom. The van der Waals surface area contributed by atoms with Crippen LogP contribution in [-0.4, -0.2) is 32.7 Å². The smallest absolute Gasteiger partial charge is 0.353 e. The molecule has 2 aliphatic carbocycles. The predicted octanol–water partition coefficient (Wildman–Crippen LogP) is 7.10. The van der Waals surface area contributed by atoms with Crippen LogP contribution in [0.4, 0.5) is 29.3 Å². The number of rotatable bonds is 7. The number of benzene rings is 2. The quantitative estimate of drug-likeness (QED) is 0.214. The molecule has 0 bridgehead atoms. The molecule has 2 atom stereocenters. The summed E-state index contributed by atoms with van der Waals surface area (Å²) in [4.78, 5) is 30.0. The molecule has 3 amide bonds. The highest BCUT2D eigenvalue weighted by molar-refractivity contribution is 6.00. The molecule has 2 aromatic carbocycles. The third-order valence-electron chi connectivity index (χ3n) is 8.83. The van der Waals surface area contributed by atoms with Crippen LogP contribution in [0.3, 0.4) is 0 Å². The van der Waals surface area contributed by atoms with Gasteiger partial charge in [0.05, 0.1) is 11.8 Å². The van der Waals surface area contributed by atoms with Gasteiger partial charge in [-0.15, -0.1) is 0 Å². The lowest BCUT2D eigenvalue weighted by Crippen LogP contribution is -2.45. The number of hydrogen-bond acceptors (Lipinski definition) is 4. The molecule has 2 heterocycles. The Bertz CT molecular complexity index is 1690. The third kappa shape index (κ3) is 5.93. The lowest BCUT2D eigenvalue weighted by molar-refractivity contribution is -0.137. The first kappa shape index (κ1) is 28.7. The van der Waals surface area contributed by atoms with Gasteiger partial charge in [-0.25, -0.2) is 9.78 Å². The SMILES string of the molecule is Cn1ncc2c(-c3ccc(NC(=O)Nc4cccc(C(F)(F)F)c4)cc3)cc(C3CC(CC(=O)NC4CC4)C3(C)C)nc21. The number of urea groups is 1. The molecular weight excluding hydrogens is 557 g/mol. The van der Waals surface area contributed by atoms with Crippen molar-refractivity contribution in [2.75, 3.05) is 10.6 Å². The molecule has 8 nitrogen and oxygen atoms in total. The minimum atomic E-state index is -4.50. The lowest BCUT2D eigenvalue weighted by atomic mass is 9.52. The minimum absolute atomic E-state index is 0.0388. The molecule has 224 valence electrons. The zero-order chi connectivity index (χ0) is 30.5. The number of hydrogen-bond donors (Lipinski definition) is 3. The predicted molar refractivity (Wildman–Crippen MR) is 158 cm³/mol. The van der Waals surface area contributed by atoms with Gasteiger partial charge < -0.3 is 16.0 Å². The number of carbonyl (C=O) groups excluding carboxylic acids is 2. The second kappa shape index (κ2) is 10.7. The van der Waals surface area contributed by atoms with Crippen LogP contribution in [0.1, 0.15) is 56.7 Å². The van der Waals surface area contributed by atoms with Crippen molar-refractivity contribution in [3.05, 3.63) is 72.1 Å². The second-order valence-corrected chi connectivity index (χ2v) is 12.2. The Hall–Kier alpha value is -4.41. The van der Waals surface area contributed by atoms with Crippen molar-refractivity contribution in [2.45, 2.75) is 57.7 Å². The van der Waals surface area contributed by atoms with Crippen molar-refractivity contribution in [2.24, 2.45) is 18.4 Å². The molecule has 2 fully saturated rings. The molecule has 0 aliphatic heterocycles. The van der Waals surface area contributed by atoms with Crippen molar-refractivity contribution in [3.63, 3.8) is 0 Å². The van der Waals surface area contributed by atoms with Gasteiger partial charge in [0.25, 0.3) is 0 Å². The van der Waals surface area contributed by atoms with Gasteiger partial charge in [-0.3, -0.25) is 9.48 Å². The Morgan fingerprint density at radius 2 is 1.74 bits per heavy atom. The topological polar surface area (TPSA) is 101 Å². The average Bonchev–Trinajstić information content (AvgIpc) is 3.69. The molecule has 3 N–H and O–H groups in total. The van der Waals surface area contributed by atoms with E-state index in [9.17, 15) is 22.8 Å². The van der Waals surface area contributed by atoms with Crippen molar-refractivity contribution < 1.29 is 22.8 Å². The molecule has 11 heteroatoms. The Morgan fingerprint density at radius 3 is 2.42 bits per heavy atom. The first-order valence-corrected chi connectivity index (χ1v) is 14.4. The van der Waals surface area contributed by atoms with E-state index in [4.69, 9.17) is 4.98 Å².